The first-order valence-electron chi connectivity index (χ1n) is 10.9. The Morgan fingerprint density at radius 1 is 1.24 bits per heavy atom. The molecule has 0 aromatic carbocycles. The van der Waals surface area contributed by atoms with Crippen molar-refractivity contribution in [1.29, 1.82) is 0 Å². The molecule has 2 N–H and O–H groups in total. The average molecular weight is 404 g/mol. The van der Waals surface area contributed by atoms with Crippen molar-refractivity contribution in [2.45, 2.75) is 58.2 Å². The van der Waals surface area contributed by atoms with Gasteiger partial charge in [0.2, 0.25) is 0 Å². The van der Waals surface area contributed by atoms with E-state index in [-0.39, 0.29) is 17.5 Å². The quantitative estimate of drug-likeness (QED) is 0.785. The van der Waals surface area contributed by atoms with Crippen LogP contribution >= 0.6 is 0 Å². The van der Waals surface area contributed by atoms with Crippen molar-refractivity contribution in [1.82, 2.24) is 25.3 Å². The number of carbonyl (C=O) groups excluding carboxylic acids is 2. The Labute approximate surface area is 172 Å². The SMILES string of the molecule is CC(C)CNC(=O)N1CCC2(CC1)Cc1c(c(C(=O)NCC3CC3)nn1C)CO2. The van der Waals surface area contributed by atoms with E-state index in [9.17, 15) is 9.59 Å². The van der Waals surface area contributed by atoms with Crippen LogP contribution in [0.2, 0.25) is 0 Å². The van der Waals surface area contributed by atoms with E-state index < -0.39 is 0 Å². The maximum atomic E-state index is 12.6. The van der Waals surface area contributed by atoms with Gasteiger partial charge in [0.15, 0.2) is 5.69 Å². The van der Waals surface area contributed by atoms with E-state index in [0.717, 1.165) is 37.1 Å². The highest BCUT2D eigenvalue weighted by Crippen LogP contribution is 2.37. The molecule has 1 spiro atoms. The molecule has 0 radical (unpaired) electrons. The smallest absolute Gasteiger partial charge is 0.317 e. The van der Waals surface area contributed by atoms with Gasteiger partial charge in [-0.1, -0.05) is 13.8 Å². The monoisotopic (exact) mass is 403 g/mol. The Morgan fingerprint density at radius 3 is 2.62 bits per heavy atom. The van der Waals surface area contributed by atoms with Gasteiger partial charge in [0.25, 0.3) is 5.91 Å². The molecule has 8 heteroatoms. The van der Waals surface area contributed by atoms with Crippen molar-refractivity contribution in [2.75, 3.05) is 26.2 Å². The number of rotatable bonds is 5. The summed E-state index contributed by atoms with van der Waals surface area (Å²) < 4.78 is 8.15. The second-order valence-corrected chi connectivity index (χ2v) is 9.27. The zero-order valence-electron chi connectivity index (χ0n) is 17.8. The van der Waals surface area contributed by atoms with Gasteiger partial charge in [-0.05, 0) is 37.5 Å². The van der Waals surface area contributed by atoms with E-state index >= 15 is 0 Å². The van der Waals surface area contributed by atoms with E-state index in [2.05, 4.69) is 29.6 Å². The van der Waals surface area contributed by atoms with E-state index in [4.69, 9.17) is 4.74 Å². The number of ether oxygens (including phenoxy) is 1. The summed E-state index contributed by atoms with van der Waals surface area (Å²) in [6.45, 7) is 7.40. The Morgan fingerprint density at radius 2 is 1.97 bits per heavy atom. The lowest BCUT2D eigenvalue weighted by atomic mass is 9.83. The van der Waals surface area contributed by atoms with Gasteiger partial charge in [-0.25, -0.2) is 4.79 Å². The van der Waals surface area contributed by atoms with Crippen molar-refractivity contribution in [2.24, 2.45) is 18.9 Å². The van der Waals surface area contributed by atoms with Gasteiger partial charge in [-0.2, -0.15) is 5.10 Å². The van der Waals surface area contributed by atoms with Crippen LogP contribution in [-0.2, 0) is 24.8 Å². The summed E-state index contributed by atoms with van der Waals surface area (Å²) in [5.74, 6) is 0.988. The third-order valence-corrected chi connectivity index (χ3v) is 6.37. The first-order valence-corrected chi connectivity index (χ1v) is 10.9. The number of aryl methyl sites for hydroxylation is 1. The molecule has 0 unspecified atom stereocenters. The summed E-state index contributed by atoms with van der Waals surface area (Å²) in [6.07, 6.45) is 4.76. The summed E-state index contributed by atoms with van der Waals surface area (Å²) in [5, 5.41) is 10.5. The molecule has 3 aliphatic rings. The number of hydrogen-bond acceptors (Lipinski definition) is 4. The summed E-state index contributed by atoms with van der Waals surface area (Å²) in [6, 6.07) is 0.0141. The second-order valence-electron chi connectivity index (χ2n) is 9.27. The fourth-order valence-corrected chi connectivity index (χ4v) is 4.22. The maximum absolute atomic E-state index is 12.6. The third-order valence-electron chi connectivity index (χ3n) is 6.37. The van der Waals surface area contributed by atoms with Gasteiger partial charge < -0.3 is 20.3 Å². The fourth-order valence-electron chi connectivity index (χ4n) is 4.22. The Hall–Kier alpha value is -2.09. The standard InChI is InChI=1S/C21H33N5O3/c1-14(2)11-23-20(28)26-8-6-21(7-9-26)10-17-16(13-29-21)18(24-25(17)3)19(27)22-12-15-4-5-15/h14-15H,4-13H2,1-3H3,(H,22,27)(H,23,28). The predicted octanol–water partition coefficient (Wildman–Crippen LogP) is 1.83. The number of carbonyl (C=O) groups is 2. The molecule has 1 saturated carbocycles. The van der Waals surface area contributed by atoms with Crippen LogP contribution in [0.3, 0.4) is 0 Å². The minimum atomic E-state index is -0.266. The molecule has 2 aliphatic heterocycles. The lowest BCUT2D eigenvalue weighted by Gasteiger charge is -2.43. The van der Waals surface area contributed by atoms with Crippen molar-refractivity contribution < 1.29 is 14.3 Å². The Kier molecular flexibility index (Phi) is 5.55. The molecule has 3 amide bonds. The van der Waals surface area contributed by atoms with Crippen molar-refractivity contribution in [3.05, 3.63) is 17.0 Å². The number of urea groups is 1. The minimum Gasteiger partial charge on any atom is -0.370 e. The number of nitrogens with zero attached hydrogens (tertiary/aromatic N) is 3. The number of nitrogens with one attached hydrogen (secondary N) is 2. The third kappa shape index (κ3) is 4.42. The zero-order valence-corrected chi connectivity index (χ0v) is 17.8. The summed E-state index contributed by atoms with van der Waals surface area (Å²) in [5.41, 5.74) is 2.25. The number of likely N-dealkylation sites (tertiary alicyclic amines) is 1. The molecule has 0 atom stereocenters. The van der Waals surface area contributed by atoms with Crippen LogP contribution in [0.15, 0.2) is 0 Å². The molecule has 1 aromatic heterocycles. The largest absolute Gasteiger partial charge is 0.370 e. The molecule has 3 heterocycles. The van der Waals surface area contributed by atoms with Crippen molar-refractivity contribution >= 4 is 11.9 Å². The fraction of sp³-hybridized carbons (Fsp3) is 0.762. The molecule has 8 nitrogen and oxygen atoms in total. The zero-order chi connectivity index (χ0) is 20.6. The normalized spacial score (nSPS) is 20.6. The molecule has 1 saturated heterocycles. The van der Waals surface area contributed by atoms with Gasteiger partial charge in [0, 0.05) is 50.9 Å². The number of piperidine rings is 1. The Bertz CT molecular complexity index is 776. The van der Waals surface area contributed by atoms with Crippen LogP contribution in [0.5, 0.6) is 0 Å². The van der Waals surface area contributed by atoms with Gasteiger partial charge in [0.1, 0.15) is 0 Å². The van der Waals surface area contributed by atoms with E-state index in [0.29, 0.717) is 43.8 Å². The lowest BCUT2D eigenvalue weighted by molar-refractivity contribution is -0.0982. The van der Waals surface area contributed by atoms with Crippen molar-refractivity contribution in [3.8, 4) is 0 Å². The molecular formula is C21H33N5O3. The van der Waals surface area contributed by atoms with Crippen LogP contribution in [0.4, 0.5) is 4.79 Å². The number of aromatic nitrogens is 2. The molecular weight excluding hydrogens is 370 g/mol. The molecule has 1 aromatic rings. The minimum absolute atomic E-state index is 0.0141. The number of amides is 3. The second kappa shape index (κ2) is 7.97. The maximum Gasteiger partial charge on any atom is 0.317 e. The number of fused-ring (bicyclic) bond motifs is 1. The highest BCUT2D eigenvalue weighted by molar-refractivity contribution is 5.94. The molecule has 2 fully saturated rings. The van der Waals surface area contributed by atoms with Crippen LogP contribution in [0.25, 0.3) is 0 Å². The first-order chi connectivity index (χ1) is 13.9. The number of hydrogen-bond donors (Lipinski definition) is 2. The van der Waals surface area contributed by atoms with Crippen LogP contribution in [0, 0.1) is 11.8 Å². The molecule has 29 heavy (non-hydrogen) atoms. The predicted molar refractivity (Wildman–Crippen MR) is 109 cm³/mol. The molecule has 0 bridgehead atoms. The lowest BCUT2D eigenvalue weighted by Crippen LogP contribution is -2.53. The molecule has 4 rings (SSSR count). The van der Waals surface area contributed by atoms with Crippen LogP contribution in [0.1, 0.15) is 61.3 Å². The van der Waals surface area contributed by atoms with E-state index in [1.54, 1.807) is 0 Å². The molecule has 160 valence electrons. The Balaban J connectivity index is 1.38. The summed E-state index contributed by atoms with van der Waals surface area (Å²) in [7, 11) is 1.91. The average Bonchev–Trinajstić information content (AvgIpc) is 3.48. The summed E-state index contributed by atoms with van der Waals surface area (Å²) >= 11 is 0. The highest BCUT2D eigenvalue weighted by Gasteiger charge is 2.42. The highest BCUT2D eigenvalue weighted by atomic mass is 16.5. The van der Waals surface area contributed by atoms with Gasteiger partial charge in [0.05, 0.1) is 12.2 Å². The van der Waals surface area contributed by atoms with Crippen LogP contribution in [-0.4, -0.2) is 58.4 Å². The topological polar surface area (TPSA) is 88.5 Å². The van der Waals surface area contributed by atoms with Crippen molar-refractivity contribution in [3.63, 3.8) is 0 Å². The van der Waals surface area contributed by atoms with E-state index in [1.807, 2.05) is 16.6 Å². The van der Waals surface area contributed by atoms with E-state index in [1.165, 1.54) is 12.8 Å². The van der Waals surface area contributed by atoms with Gasteiger partial charge >= 0.3 is 6.03 Å². The van der Waals surface area contributed by atoms with Crippen LogP contribution < -0.4 is 10.6 Å². The summed E-state index contributed by atoms with van der Waals surface area (Å²) in [4.78, 5) is 26.8. The van der Waals surface area contributed by atoms with Gasteiger partial charge in [-0.15, -0.1) is 0 Å². The van der Waals surface area contributed by atoms with Gasteiger partial charge in [-0.3, -0.25) is 9.48 Å². The first kappa shape index (κ1) is 20.2. The molecule has 1 aliphatic carbocycles.